The van der Waals surface area contributed by atoms with Crippen molar-refractivity contribution in [3.8, 4) is 0 Å². The van der Waals surface area contributed by atoms with Crippen molar-refractivity contribution in [2.24, 2.45) is 11.8 Å². The van der Waals surface area contributed by atoms with Crippen molar-refractivity contribution in [1.29, 1.82) is 0 Å². The average Bonchev–Trinajstić information content (AvgIpc) is 2.84. The van der Waals surface area contributed by atoms with E-state index in [0.29, 0.717) is 12.6 Å². The topological polar surface area (TPSA) is 38.8 Å². The lowest BCUT2D eigenvalue weighted by Gasteiger charge is -2.44. The Morgan fingerprint density at radius 2 is 2.39 bits per heavy atom. The monoisotopic (exact) mass is 251 g/mol. The third-order valence-electron chi connectivity index (χ3n) is 4.75. The molecule has 1 spiro atoms. The zero-order chi connectivity index (χ0) is 12.9. The molecule has 3 rings (SSSR count). The highest BCUT2D eigenvalue weighted by Crippen LogP contribution is 2.52. The van der Waals surface area contributed by atoms with Crippen molar-refractivity contribution in [3.63, 3.8) is 0 Å². The third-order valence-corrected chi connectivity index (χ3v) is 4.75. The van der Waals surface area contributed by atoms with Crippen LogP contribution in [0, 0.1) is 11.8 Å². The largest absolute Gasteiger partial charge is 0.466 e. The van der Waals surface area contributed by atoms with Crippen LogP contribution in [-0.2, 0) is 14.3 Å². The molecule has 0 aromatic carbocycles. The van der Waals surface area contributed by atoms with E-state index in [1.54, 1.807) is 0 Å². The van der Waals surface area contributed by atoms with E-state index < -0.39 is 0 Å². The zero-order valence-electron chi connectivity index (χ0n) is 11.3. The van der Waals surface area contributed by atoms with E-state index in [0.717, 1.165) is 13.0 Å². The van der Waals surface area contributed by atoms with Gasteiger partial charge in [-0.2, -0.15) is 0 Å². The van der Waals surface area contributed by atoms with Crippen molar-refractivity contribution in [2.75, 3.05) is 20.2 Å². The molecule has 0 amide bonds. The molecule has 2 fully saturated rings. The fourth-order valence-corrected chi connectivity index (χ4v) is 3.71. The van der Waals surface area contributed by atoms with Crippen LogP contribution >= 0.6 is 0 Å². The number of carbonyl (C=O) groups excluding carboxylic acids is 1. The van der Waals surface area contributed by atoms with Crippen molar-refractivity contribution in [2.45, 2.75) is 38.0 Å². The Bertz CT molecular complexity index is 395. The minimum atomic E-state index is -0.214. The van der Waals surface area contributed by atoms with Gasteiger partial charge in [0.15, 0.2) is 0 Å². The Kier molecular flexibility index (Phi) is 2.75. The van der Waals surface area contributed by atoms with Crippen molar-refractivity contribution >= 4 is 5.97 Å². The van der Waals surface area contributed by atoms with Crippen molar-refractivity contribution in [3.05, 3.63) is 12.2 Å². The minimum absolute atomic E-state index is 0.0762. The quantitative estimate of drug-likeness (QED) is 0.546. The number of nitrogens with zero attached hydrogens (tertiary/aromatic N) is 1. The van der Waals surface area contributed by atoms with Gasteiger partial charge >= 0.3 is 5.97 Å². The molecule has 5 atom stereocenters. The molecule has 0 N–H and O–H groups in total. The Morgan fingerprint density at radius 3 is 3.11 bits per heavy atom. The maximum atomic E-state index is 12.1. The van der Waals surface area contributed by atoms with Gasteiger partial charge in [0, 0.05) is 18.5 Å². The fourth-order valence-electron chi connectivity index (χ4n) is 3.71. The predicted octanol–water partition coefficient (Wildman–Crippen LogP) is 1.21. The molecule has 3 heterocycles. The van der Waals surface area contributed by atoms with Crippen LogP contribution in [0.1, 0.15) is 20.3 Å². The van der Waals surface area contributed by atoms with E-state index in [4.69, 9.17) is 9.47 Å². The summed E-state index contributed by atoms with van der Waals surface area (Å²) in [6, 6.07) is 0.491. The Morgan fingerprint density at radius 1 is 1.61 bits per heavy atom. The summed E-state index contributed by atoms with van der Waals surface area (Å²) >= 11 is 0. The summed E-state index contributed by atoms with van der Waals surface area (Å²) in [5.41, 5.74) is -0.214. The molecular formula is C14H21NO3. The smallest absolute Gasteiger partial charge is 0.312 e. The summed E-state index contributed by atoms with van der Waals surface area (Å²) in [6.45, 7) is 5.42. The first-order valence-electron chi connectivity index (χ1n) is 6.81. The van der Waals surface area contributed by atoms with E-state index in [1.165, 1.54) is 0 Å². The van der Waals surface area contributed by atoms with Crippen molar-refractivity contribution in [1.82, 2.24) is 4.90 Å². The van der Waals surface area contributed by atoms with Gasteiger partial charge in [-0.3, -0.25) is 4.79 Å². The highest BCUT2D eigenvalue weighted by atomic mass is 16.5. The number of piperidine rings is 1. The summed E-state index contributed by atoms with van der Waals surface area (Å²) in [5.74, 6) is 0.0272. The molecule has 0 aromatic rings. The Labute approximate surface area is 108 Å². The molecule has 1 unspecified atom stereocenters. The number of rotatable bonds is 2. The molecule has 0 aliphatic carbocycles. The first-order valence-corrected chi connectivity index (χ1v) is 6.81. The van der Waals surface area contributed by atoms with E-state index in [-0.39, 0.29) is 29.5 Å². The third kappa shape index (κ3) is 1.55. The molecule has 3 aliphatic heterocycles. The molecule has 4 nitrogen and oxygen atoms in total. The molecule has 18 heavy (non-hydrogen) atoms. The normalized spacial score (nSPS) is 46.2. The van der Waals surface area contributed by atoms with Gasteiger partial charge in [0.25, 0.3) is 0 Å². The van der Waals surface area contributed by atoms with Crippen LogP contribution in [0.4, 0.5) is 0 Å². The maximum Gasteiger partial charge on any atom is 0.312 e. The molecule has 100 valence electrons. The number of hydrogen-bond donors (Lipinski definition) is 0. The molecule has 2 bridgehead atoms. The number of fused-ring (bicyclic) bond motifs is 1. The van der Waals surface area contributed by atoms with Crippen molar-refractivity contribution < 1.29 is 14.3 Å². The van der Waals surface area contributed by atoms with Gasteiger partial charge in [-0.1, -0.05) is 12.2 Å². The zero-order valence-corrected chi connectivity index (χ0v) is 11.3. The number of hydrogen-bond acceptors (Lipinski definition) is 4. The summed E-state index contributed by atoms with van der Waals surface area (Å²) in [5, 5.41) is 0. The van der Waals surface area contributed by atoms with E-state index in [1.807, 2.05) is 6.92 Å². The maximum absolute atomic E-state index is 12.1. The van der Waals surface area contributed by atoms with Gasteiger partial charge in [-0.15, -0.1) is 0 Å². The highest BCUT2D eigenvalue weighted by Gasteiger charge is 2.61. The van der Waals surface area contributed by atoms with E-state index in [2.05, 4.69) is 31.0 Å². The van der Waals surface area contributed by atoms with Crippen LogP contribution in [0.15, 0.2) is 12.2 Å². The second-order valence-corrected chi connectivity index (χ2v) is 5.77. The first kappa shape index (κ1) is 12.2. The SMILES string of the molecule is CCOC(=O)C1[C@H]2CN(C)[C@H](C)C[C@]23C=C[C@H]1O3. The standard InChI is InChI=1S/C14H21NO3/c1-4-17-13(16)12-10-8-15(3)9(2)7-14(10)6-5-11(12)18-14/h5-6,9-12H,4,7-8H2,1-3H3/t9-,10-,11-,12?,14-/m1/s1. The van der Waals surface area contributed by atoms with Gasteiger partial charge in [0.1, 0.15) is 0 Å². The van der Waals surface area contributed by atoms with E-state index in [9.17, 15) is 4.79 Å². The summed E-state index contributed by atoms with van der Waals surface area (Å²) in [4.78, 5) is 14.4. The molecule has 0 aromatic heterocycles. The molecule has 2 saturated heterocycles. The van der Waals surface area contributed by atoms with Gasteiger partial charge in [-0.25, -0.2) is 0 Å². The van der Waals surface area contributed by atoms with E-state index >= 15 is 0 Å². The molecular weight excluding hydrogens is 230 g/mol. The number of esters is 1. The van der Waals surface area contributed by atoms with Gasteiger partial charge in [0.05, 0.1) is 24.2 Å². The summed E-state index contributed by atoms with van der Waals surface area (Å²) in [6.07, 6.45) is 5.13. The summed E-state index contributed by atoms with van der Waals surface area (Å²) < 4.78 is 11.3. The van der Waals surface area contributed by atoms with Gasteiger partial charge < -0.3 is 14.4 Å². The number of carbonyl (C=O) groups is 1. The lowest BCUT2D eigenvalue weighted by Crippen LogP contribution is -2.54. The summed E-state index contributed by atoms with van der Waals surface area (Å²) in [7, 11) is 2.12. The van der Waals surface area contributed by atoms with Crippen LogP contribution in [-0.4, -0.2) is 48.8 Å². The fraction of sp³-hybridized carbons (Fsp3) is 0.786. The second-order valence-electron chi connectivity index (χ2n) is 5.77. The molecule has 4 heteroatoms. The molecule has 3 aliphatic rings. The number of ether oxygens (including phenoxy) is 2. The number of likely N-dealkylation sites (tertiary alicyclic amines) is 1. The van der Waals surface area contributed by atoms with Gasteiger partial charge in [0.2, 0.25) is 0 Å². The molecule has 0 radical (unpaired) electrons. The van der Waals surface area contributed by atoms with Crippen LogP contribution in [0.2, 0.25) is 0 Å². The Hall–Kier alpha value is -0.870. The van der Waals surface area contributed by atoms with Crippen LogP contribution in [0.25, 0.3) is 0 Å². The Balaban J connectivity index is 1.87. The minimum Gasteiger partial charge on any atom is -0.466 e. The predicted molar refractivity (Wildman–Crippen MR) is 67.1 cm³/mol. The van der Waals surface area contributed by atoms with Crippen LogP contribution in [0.3, 0.4) is 0 Å². The van der Waals surface area contributed by atoms with Crippen LogP contribution < -0.4 is 0 Å². The second kappa shape index (κ2) is 4.07. The lowest BCUT2D eigenvalue weighted by molar-refractivity contribution is -0.150. The lowest BCUT2D eigenvalue weighted by atomic mass is 9.70. The van der Waals surface area contributed by atoms with Crippen LogP contribution in [0.5, 0.6) is 0 Å². The average molecular weight is 251 g/mol. The highest BCUT2D eigenvalue weighted by molar-refractivity contribution is 5.75. The van der Waals surface area contributed by atoms with Gasteiger partial charge in [-0.05, 0) is 27.3 Å². The molecule has 0 saturated carbocycles. The first-order chi connectivity index (χ1) is 8.57.